The van der Waals surface area contributed by atoms with E-state index in [0.29, 0.717) is 16.7 Å². The first kappa shape index (κ1) is 59.6. The molecule has 0 spiro atoms. The van der Waals surface area contributed by atoms with Crippen LogP contribution in [0, 0.1) is 0 Å². The van der Waals surface area contributed by atoms with Gasteiger partial charge in [0, 0.05) is 32.3 Å². The number of tetrazole rings is 1. The average Bonchev–Trinajstić information content (AvgIpc) is 3.31. The second-order valence-corrected chi connectivity index (χ2v) is 20.5. The summed E-state index contributed by atoms with van der Waals surface area (Å²) in [5.74, 6) is -10.5. The molecule has 2 aliphatic rings. The zero-order valence-electron chi connectivity index (χ0n) is 44.8. The van der Waals surface area contributed by atoms with Gasteiger partial charge in [-0.25, -0.2) is 14.3 Å². The molecule has 9 rings (SSSR count). The maximum Gasteiger partial charge on any atom is 0.366 e. The lowest BCUT2D eigenvalue weighted by molar-refractivity contribution is -0.154. The fraction of sp³-hybridized carbons (Fsp3) is 0.193. The molecule has 434 valence electrons. The number of ether oxygens (including phenoxy) is 5. The van der Waals surface area contributed by atoms with Crippen LogP contribution in [0.3, 0.4) is 0 Å². The lowest BCUT2D eigenvalue weighted by Gasteiger charge is -2.49. The maximum atomic E-state index is 14.9. The van der Waals surface area contributed by atoms with Crippen LogP contribution in [0.1, 0.15) is 71.3 Å². The number of nitrogens with zero attached hydrogens (tertiary/aromatic N) is 7. The quantitative estimate of drug-likeness (QED) is 0.0110. The number of fused-ring (bicyclic) bond motifs is 1. The number of aromatic nitrogens is 5. The van der Waals surface area contributed by atoms with Crippen molar-refractivity contribution in [2.75, 3.05) is 22.7 Å². The minimum Gasteiger partial charge on any atom is -0.451 e. The summed E-state index contributed by atoms with van der Waals surface area (Å²) < 4.78 is 34.3. The molecule has 2 aromatic heterocycles. The largest absolute Gasteiger partial charge is 0.451 e. The van der Waals surface area contributed by atoms with E-state index in [1.54, 1.807) is 60.7 Å². The van der Waals surface area contributed by atoms with E-state index in [4.69, 9.17) is 44.5 Å². The molecule has 2 aliphatic heterocycles. The standard InChI is InChI=1S/C57H46ClN9O16S2/c1-31(68)78-41-24-38(25-42(79-32(2)69)50(41)80-33(3)70)54(75)83-63-45(40-28-77-56(59-40)60-43(71)26-58)51(73)61-46-52(74)67-47(55(76)82-49(36-20-12-6-13-21-36)37-22-14-7-15-23-37)39(29-84-53(46)67)30-85-57-62-64-65-66(57)27-44(72)81-48(34-16-8-4-9-17-34)35-18-10-5-11-19-35/h4-25,28,46,48-49,53H,26-27,29-30H2,1-3H3,(H,61,73)(H,59,60,71)/b63-45-/t46-,53-/m1/s1. The van der Waals surface area contributed by atoms with Gasteiger partial charge in [-0.1, -0.05) is 138 Å². The first-order valence-electron chi connectivity index (χ1n) is 25.4. The minimum absolute atomic E-state index is 0.00742. The smallest absolute Gasteiger partial charge is 0.366 e. The Balaban J connectivity index is 0.998. The van der Waals surface area contributed by atoms with Crippen molar-refractivity contribution in [3.05, 3.63) is 185 Å². The van der Waals surface area contributed by atoms with Gasteiger partial charge >= 0.3 is 41.8 Å². The first-order valence-corrected chi connectivity index (χ1v) is 27.9. The minimum atomic E-state index is -1.39. The van der Waals surface area contributed by atoms with Gasteiger partial charge in [0.05, 0.1) is 5.56 Å². The van der Waals surface area contributed by atoms with E-state index in [2.05, 4.69) is 36.3 Å². The molecule has 3 amide bonds. The van der Waals surface area contributed by atoms with Crippen molar-refractivity contribution >= 4 is 100 Å². The molecule has 25 nitrogen and oxygen atoms in total. The fourth-order valence-corrected chi connectivity index (χ4v) is 10.9. The highest BCUT2D eigenvalue weighted by Crippen LogP contribution is 2.44. The van der Waals surface area contributed by atoms with Crippen LogP contribution in [0.2, 0.25) is 0 Å². The van der Waals surface area contributed by atoms with E-state index in [1.165, 1.54) is 21.3 Å². The summed E-state index contributed by atoms with van der Waals surface area (Å²) in [5, 5.41) is 19.8. The molecule has 2 atom stereocenters. The van der Waals surface area contributed by atoms with E-state index in [-0.39, 0.29) is 28.9 Å². The molecule has 1 saturated heterocycles. The van der Waals surface area contributed by atoms with Gasteiger partial charge in [0.15, 0.2) is 29.4 Å². The predicted octanol–water partition coefficient (Wildman–Crippen LogP) is 6.29. The Kier molecular flexibility index (Phi) is 19.2. The Labute approximate surface area is 495 Å². The number of hydrogen-bond donors (Lipinski definition) is 2. The van der Waals surface area contributed by atoms with Crippen LogP contribution >= 0.6 is 35.1 Å². The van der Waals surface area contributed by atoms with Crippen molar-refractivity contribution in [1.29, 1.82) is 0 Å². The number of benzene rings is 5. The van der Waals surface area contributed by atoms with Gasteiger partial charge in [0.25, 0.3) is 11.8 Å². The zero-order valence-corrected chi connectivity index (χ0v) is 47.2. The van der Waals surface area contributed by atoms with Gasteiger partial charge in [-0.3, -0.25) is 43.8 Å². The second kappa shape index (κ2) is 27.4. The molecule has 0 radical (unpaired) electrons. The number of amides is 3. The van der Waals surface area contributed by atoms with Gasteiger partial charge in [-0.05, 0) is 50.4 Å². The summed E-state index contributed by atoms with van der Waals surface area (Å²) in [7, 11) is 0. The molecule has 85 heavy (non-hydrogen) atoms. The van der Waals surface area contributed by atoms with Crippen molar-refractivity contribution in [2.24, 2.45) is 5.16 Å². The molecule has 28 heteroatoms. The number of halogens is 1. The van der Waals surface area contributed by atoms with Crippen LogP contribution in [0.5, 0.6) is 17.2 Å². The second-order valence-electron chi connectivity index (χ2n) is 18.1. The molecular formula is C57H46ClN9O16S2. The molecule has 0 bridgehead atoms. The highest BCUT2D eigenvalue weighted by molar-refractivity contribution is 8.01. The molecule has 1 fully saturated rings. The maximum absolute atomic E-state index is 14.9. The van der Waals surface area contributed by atoms with Crippen LogP contribution in [-0.2, 0) is 59.2 Å². The Hall–Kier alpha value is -9.99. The number of carbonyl (C=O) groups excluding carboxylic acids is 9. The summed E-state index contributed by atoms with van der Waals surface area (Å²) in [5.41, 5.74) is 1.22. The highest BCUT2D eigenvalue weighted by atomic mass is 35.5. The van der Waals surface area contributed by atoms with Crippen molar-refractivity contribution in [3.8, 4) is 17.2 Å². The van der Waals surface area contributed by atoms with Crippen LogP contribution in [0.25, 0.3) is 0 Å². The summed E-state index contributed by atoms with van der Waals surface area (Å²) in [6.45, 7) is 2.63. The lowest BCUT2D eigenvalue weighted by Crippen LogP contribution is -2.71. The Morgan fingerprint density at radius 2 is 1.29 bits per heavy atom. The van der Waals surface area contributed by atoms with Crippen LogP contribution in [-0.4, -0.2) is 118 Å². The molecule has 7 aromatic rings. The predicted molar refractivity (Wildman–Crippen MR) is 300 cm³/mol. The van der Waals surface area contributed by atoms with Crippen molar-refractivity contribution in [2.45, 2.75) is 56.1 Å². The number of anilines is 1. The van der Waals surface area contributed by atoms with E-state index >= 15 is 0 Å². The number of oxime groups is 1. The third kappa shape index (κ3) is 14.6. The zero-order chi connectivity index (χ0) is 60.1. The number of rotatable bonds is 22. The van der Waals surface area contributed by atoms with Gasteiger partial charge in [0.2, 0.25) is 16.8 Å². The van der Waals surface area contributed by atoms with Gasteiger partial charge in [-0.15, -0.1) is 28.5 Å². The van der Waals surface area contributed by atoms with E-state index < -0.39 is 123 Å². The third-order valence-corrected chi connectivity index (χ3v) is 14.7. The van der Waals surface area contributed by atoms with E-state index in [0.717, 1.165) is 62.1 Å². The monoisotopic (exact) mass is 1210 g/mol. The molecule has 5 aromatic carbocycles. The number of alkyl halides is 1. The summed E-state index contributed by atoms with van der Waals surface area (Å²) >= 11 is 7.90. The van der Waals surface area contributed by atoms with E-state index in [9.17, 15) is 43.2 Å². The highest BCUT2D eigenvalue weighted by Gasteiger charge is 2.55. The number of nitrogens with one attached hydrogen (secondary N) is 2. The van der Waals surface area contributed by atoms with Crippen molar-refractivity contribution < 1.29 is 76.1 Å². The molecular weight excluding hydrogens is 1170 g/mol. The fourth-order valence-electron chi connectivity index (χ4n) is 8.50. The van der Waals surface area contributed by atoms with Gasteiger partial charge < -0.3 is 38.3 Å². The summed E-state index contributed by atoms with van der Waals surface area (Å²) in [6, 6.07) is 36.2. The van der Waals surface area contributed by atoms with Crippen molar-refractivity contribution in [1.82, 2.24) is 35.4 Å². The molecule has 2 N–H and O–H groups in total. The normalized spacial score (nSPS) is 14.6. The number of thioether (sulfide) groups is 2. The molecule has 4 heterocycles. The molecule has 0 aliphatic carbocycles. The third-order valence-electron chi connectivity index (χ3n) is 12.1. The number of esters is 5. The topological polar surface area (TPSA) is 318 Å². The average molecular weight is 1210 g/mol. The summed E-state index contributed by atoms with van der Waals surface area (Å²) in [6.07, 6.45) is -0.830. The summed E-state index contributed by atoms with van der Waals surface area (Å²) in [4.78, 5) is 130. The SMILES string of the molecule is CC(=O)Oc1cc(C(=O)O/N=C(\C(=O)N[C@@H]2C(=O)N3C(C(=O)OC(c4ccccc4)c4ccccc4)=C(CSc4nnnn4CC(=O)OC(c4ccccc4)c4ccccc4)CS[C@H]23)c2coc(NC(=O)CCl)n2)cc(OC(C)=O)c1OC(C)=O. The number of β-lactam (4-membered cyclic amide) rings is 1. The van der Waals surface area contributed by atoms with Crippen molar-refractivity contribution in [3.63, 3.8) is 0 Å². The molecule has 0 unspecified atom stereocenters. The van der Waals surface area contributed by atoms with Gasteiger partial charge in [0.1, 0.15) is 41.5 Å². The van der Waals surface area contributed by atoms with E-state index in [1.807, 2.05) is 60.7 Å². The van der Waals surface area contributed by atoms with Crippen LogP contribution in [0.4, 0.5) is 6.01 Å². The van der Waals surface area contributed by atoms with Gasteiger partial charge in [-0.2, -0.15) is 4.98 Å². The van der Waals surface area contributed by atoms with Crippen LogP contribution < -0.4 is 24.8 Å². The Bertz CT molecular complexity index is 3640. The number of oxazole rings is 1. The Morgan fingerprint density at radius 1 is 0.753 bits per heavy atom. The number of carbonyl (C=O) groups is 9. The Morgan fingerprint density at radius 3 is 1.82 bits per heavy atom. The molecule has 0 saturated carbocycles. The number of hydrogen-bond acceptors (Lipinski definition) is 23. The first-order chi connectivity index (χ1) is 41.0. The van der Waals surface area contributed by atoms with Crippen LogP contribution in [0.15, 0.2) is 166 Å². The lowest BCUT2D eigenvalue weighted by atomic mass is 10.0.